The van der Waals surface area contributed by atoms with Gasteiger partial charge in [0.15, 0.2) is 5.43 Å². The molecule has 4 heterocycles. The van der Waals surface area contributed by atoms with E-state index < -0.39 is 11.7 Å². The van der Waals surface area contributed by atoms with Crippen LogP contribution in [0.3, 0.4) is 0 Å². The number of aromatic nitrogens is 2. The van der Waals surface area contributed by atoms with Crippen molar-refractivity contribution in [2.24, 2.45) is 5.92 Å². The Morgan fingerprint density at radius 2 is 2.08 bits per heavy atom. The van der Waals surface area contributed by atoms with Gasteiger partial charge in [-0.1, -0.05) is 12.2 Å². The molecule has 0 spiro atoms. The summed E-state index contributed by atoms with van der Waals surface area (Å²) in [5.41, 5.74) is 7.77. The van der Waals surface area contributed by atoms with Gasteiger partial charge >= 0.3 is 0 Å². The molecule has 3 aromatic rings. The number of allylic oxidation sites excluding steroid dienone is 2. The highest BCUT2D eigenvalue weighted by Crippen LogP contribution is 2.36. The van der Waals surface area contributed by atoms with Crippen molar-refractivity contribution in [2.45, 2.75) is 32.4 Å². The summed E-state index contributed by atoms with van der Waals surface area (Å²) in [5.74, 6) is -0.381. The number of methoxy groups -OCH3 is 1. The Morgan fingerprint density at radius 3 is 2.77 bits per heavy atom. The number of dihydropyridines is 1. The molecule has 0 bridgehead atoms. The number of pyridine rings is 2. The van der Waals surface area contributed by atoms with Gasteiger partial charge in [0.05, 0.1) is 18.7 Å². The number of nitrogen functional groups attached to an aromatic ring is 1. The van der Waals surface area contributed by atoms with Crippen molar-refractivity contribution < 1.29 is 18.7 Å². The van der Waals surface area contributed by atoms with Crippen molar-refractivity contribution in [3.8, 4) is 16.9 Å². The van der Waals surface area contributed by atoms with Gasteiger partial charge in [0, 0.05) is 61.4 Å². The van der Waals surface area contributed by atoms with Gasteiger partial charge in [-0.3, -0.25) is 9.59 Å². The smallest absolute Gasteiger partial charge is 0.261 e. The van der Waals surface area contributed by atoms with E-state index in [-0.39, 0.29) is 34.1 Å². The van der Waals surface area contributed by atoms with Gasteiger partial charge in [-0.05, 0) is 55.5 Å². The van der Waals surface area contributed by atoms with Crippen LogP contribution in [-0.2, 0) is 11.3 Å². The first-order chi connectivity index (χ1) is 19.3. The van der Waals surface area contributed by atoms with Crippen molar-refractivity contribution in [3.05, 3.63) is 93.9 Å². The summed E-state index contributed by atoms with van der Waals surface area (Å²) in [6.45, 7) is 4.00. The van der Waals surface area contributed by atoms with E-state index in [9.17, 15) is 9.59 Å². The van der Waals surface area contributed by atoms with Crippen LogP contribution in [-0.4, -0.2) is 35.8 Å². The number of nitrogens with one attached hydrogen (secondary N) is 2. The van der Waals surface area contributed by atoms with E-state index in [0.29, 0.717) is 42.6 Å². The van der Waals surface area contributed by atoms with E-state index in [1.54, 1.807) is 18.3 Å². The number of halogens is 1. The second-order valence-corrected chi connectivity index (χ2v) is 10.0. The minimum absolute atomic E-state index is 0.0197. The summed E-state index contributed by atoms with van der Waals surface area (Å²) in [6, 6.07) is 5.44. The van der Waals surface area contributed by atoms with Crippen LogP contribution in [0.25, 0.3) is 11.1 Å². The molecule has 2 aliphatic heterocycles. The standard InChI is InChI=1S/C30H32FN5O4/c1-18-3-6-25(34-14-18)22-16-36(15-19-8-11-40-12-9-19)17-23(28(22)37)30(38)35-20-4-5-21(24(31)13-20)27-26(39-2)7-10-33-29(27)32/h3-7,10,13-14,16-17,19,25,34H,8-9,11-12,15H2,1-2H3,(H2,32,33)(H,35,38). The molecular formula is C30H32FN5O4. The Bertz CT molecular complexity index is 1540. The first kappa shape index (κ1) is 27.1. The maximum absolute atomic E-state index is 15.2. The van der Waals surface area contributed by atoms with Gasteiger partial charge in [-0.25, -0.2) is 9.37 Å². The van der Waals surface area contributed by atoms with Crippen LogP contribution in [0.2, 0.25) is 0 Å². The van der Waals surface area contributed by atoms with E-state index in [1.165, 1.54) is 25.4 Å². The van der Waals surface area contributed by atoms with Gasteiger partial charge in [0.2, 0.25) is 0 Å². The predicted molar refractivity (Wildman–Crippen MR) is 152 cm³/mol. The normalized spacial score (nSPS) is 17.2. The molecule has 1 atom stereocenters. The molecule has 1 unspecified atom stereocenters. The molecule has 0 saturated carbocycles. The fourth-order valence-electron chi connectivity index (χ4n) is 5.03. The van der Waals surface area contributed by atoms with Gasteiger partial charge < -0.3 is 30.4 Å². The number of ether oxygens (including phenoxy) is 2. The molecule has 9 nitrogen and oxygen atoms in total. The maximum atomic E-state index is 15.2. The number of amides is 1. The zero-order valence-corrected chi connectivity index (χ0v) is 22.4. The summed E-state index contributed by atoms with van der Waals surface area (Å²) < 4.78 is 27.9. The van der Waals surface area contributed by atoms with Crippen molar-refractivity contribution >= 4 is 17.4 Å². The average Bonchev–Trinajstić information content (AvgIpc) is 2.95. The third-order valence-electron chi connectivity index (χ3n) is 7.20. The first-order valence-corrected chi connectivity index (χ1v) is 13.2. The molecule has 10 heteroatoms. The fourth-order valence-corrected chi connectivity index (χ4v) is 5.03. The number of benzene rings is 1. The lowest BCUT2D eigenvalue weighted by Crippen LogP contribution is -2.31. The molecule has 2 aliphatic rings. The van der Waals surface area contributed by atoms with Gasteiger partial charge in [0.25, 0.3) is 5.91 Å². The number of carbonyl (C=O) groups excluding carboxylic acids is 1. The number of rotatable bonds is 7. The number of nitrogens with zero attached hydrogens (tertiary/aromatic N) is 2. The largest absolute Gasteiger partial charge is 0.496 e. The number of carbonyl (C=O) groups is 1. The molecule has 1 aromatic carbocycles. The molecule has 0 aliphatic carbocycles. The molecule has 1 fully saturated rings. The van der Waals surface area contributed by atoms with E-state index >= 15 is 4.39 Å². The Morgan fingerprint density at radius 1 is 1.27 bits per heavy atom. The van der Waals surface area contributed by atoms with Gasteiger partial charge in [-0.15, -0.1) is 0 Å². The van der Waals surface area contributed by atoms with Crippen LogP contribution >= 0.6 is 0 Å². The minimum Gasteiger partial charge on any atom is -0.496 e. The lowest BCUT2D eigenvalue weighted by atomic mass is 9.99. The number of anilines is 2. The van der Waals surface area contributed by atoms with Crippen molar-refractivity contribution in [1.82, 2.24) is 14.9 Å². The highest BCUT2D eigenvalue weighted by atomic mass is 19.1. The molecule has 5 rings (SSSR count). The Hall–Kier alpha value is -4.44. The molecule has 40 heavy (non-hydrogen) atoms. The van der Waals surface area contributed by atoms with Crippen LogP contribution in [0, 0.1) is 11.7 Å². The molecule has 2 aromatic heterocycles. The van der Waals surface area contributed by atoms with E-state index in [0.717, 1.165) is 18.4 Å². The SMILES string of the molecule is COc1ccnc(N)c1-c1ccc(NC(=O)c2cn(CC3CCOCC3)cc(C3C=CC(C)=CN3)c2=O)cc1F. The monoisotopic (exact) mass is 545 g/mol. The summed E-state index contributed by atoms with van der Waals surface area (Å²) in [7, 11) is 1.46. The summed E-state index contributed by atoms with van der Waals surface area (Å²) in [5, 5.41) is 5.92. The molecule has 0 radical (unpaired) electrons. The van der Waals surface area contributed by atoms with Crippen LogP contribution in [0.5, 0.6) is 5.75 Å². The lowest BCUT2D eigenvalue weighted by Gasteiger charge is -2.25. The summed E-state index contributed by atoms with van der Waals surface area (Å²) >= 11 is 0. The van der Waals surface area contributed by atoms with Crippen molar-refractivity contribution in [1.29, 1.82) is 0 Å². The van der Waals surface area contributed by atoms with E-state index in [4.69, 9.17) is 15.2 Å². The molecule has 1 amide bonds. The second kappa shape index (κ2) is 11.7. The molecule has 208 valence electrons. The van der Waals surface area contributed by atoms with Crippen LogP contribution in [0.15, 0.2) is 71.6 Å². The third-order valence-corrected chi connectivity index (χ3v) is 7.20. The quantitative estimate of drug-likeness (QED) is 0.402. The van der Waals surface area contributed by atoms with Gasteiger partial charge in [-0.2, -0.15) is 0 Å². The average molecular weight is 546 g/mol. The Kier molecular flexibility index (Phi) is 7.97. The molecule has 4 N–H and O–H groups in total. The van der Waals surface area contributed by atoms with Crippen molar-refractivity contribution in [2.75, 3.05) is 31.4 Å². The maximum Gasteiger partial charge on any atom is 0.261 e. The third kappa shape index (κ3) is 5.76. The van der Waals surface area contributed by atoms with E-state index in [2.05, 4.69) is 15.6 Å². The zero-order valence-electron chi connectivity index (χ0n) is 22.4. The Balaban J connectivity index is 1.45. The number of hydrogen-bond donors (Lipinski definition) is 3. The first-order valence-electron chi connectivity index (χ1n) is 13.2. The highest BCUT2D eigenvalue weighted by molar-refractivity contribution is 6.04. The lowest BCUT2D eigenvalue weighted by molar-refractivity contribution is 0.0611. The topological polar surface area (TPSA) is 121 Å². The van der Waals surface area contributed by atoms with Gasteiger partial charge in [0.1, 0.15) is 22.9 Å². The summed E-state index contributed by atoms with van der Waals surface area (Å²) in [4.78, 5) is 31.0. The Labute approximate surface area is 231 Å². The minimum atomic E-state index is -0.625. The summed E-state index contributed by atoms with van der Waals surface area (Å²) in [6.07, 6.45) is 12.4. The van der Waals surface area contributed by atoms with Crippen LogP contribution < -0.4 is 26.5 Å². The highest BCUT2D eigenvalue weighted by Gasteiger charge is 2.23. The fraction of sp³-hybridized carbons (Fsp3) is 0.300. The van der Waals surface area contributed by atoms with E-state index in [1.807, 2.05) is 36.0 Å². The predicted octanol–water partition coefficient (Wildman–Crippen LogP) is 4.42. The number of nitrogens with two attached hydrogens (primary N) is 1. The van der Waals surface area contributed by atoms with Crippen molar-refractivity contribution in [3.63, 3.8) is 0 Å². The zero-order chi connectivity index (χ0) is 28.2. The number of hydrogen-bond acceptors (Lipinski definition) is 7. The second-order valence-electron chi connectivity index (χ2n) is 10.0. The molecule has 1 saturated heterocycles. The van der Waals surface area contributed by atoms with Crippen LogP contribution in [0.1, 0.15) is 41.7 Å². The van der Waals surface area contributed by atoms with Crippen LogP contribution in [0.4, 0.5) is 15.9 Å². The molecular weight excluding hydrogens is 513 g/mol.